The molecule has 6 heteroatoms. The van der Waals surface area contributed by atoms with E-state index in [0.29, 0.717) is 35.3 Å². The summed E-state index contributed by atoms with van der Waals surface area (Å²) in [5.41, 5.74) is 13.2. The second kappa shape index (κ2) is 13.2. The summed E-state index contributed by atoms with van der Waals surface area (Å²) in [7, 11) is 0. The van der Waals surface area contributed by atoms with Crippen LogP contribution in [0.15, 0.2) is 48.5 Å². The van der Waals surface area contributed by atoms with Crippen LogP contribution in [0.2, 0.25) is 0 Å². The Balaban J connectivity index is 0. The van der Waals surface area contributed by atoms with Crippen molar-refractivity contribution in [1.82, 2.24) is 0 Å². The molecular weight excluding hydrogens is 344 g/mol. The van der Waals surface area contributed by atoms with Crippen LogP contribution in [-0.4, -0.2) is 25.2 Å². The summed E-state index contributed by atoms with van der Waals surface area (Å²) in [6.07, 6.45) is 1.21. The van der Waals surface area contributed by atoms with E-state index < -0.39 is 11.9 Å². The molecule has 0 bridgehead atoms. The molecule has 2 aromatic rings. The molecule has 0 fully saturated rings. The number of carbonyl (C=O) groups is 2. The largest absolute Gasteiger partial charge is 0.462 e. The van der Waals surface area contributed by atoms with Crippen molar-refractivity contribution in [1.29, 1.82) is 0 Å². The molecule has 0 radical (unpaired) electrons. The highest BCUT2D eigenvalue weighted by Crippen LogP contribution is 2.08. The second-order valence-electron chi connectivity index (χ2n) is 5.22. The second-order valence-corrected chi connectivity index (χ2v) is 5.22. The fraction of sp³-hybridized carbons (Fsp3) is 0.333. The van der Waals surface area contributed by atoms with Crippen LogP contribution in [0.5, 0.6) is 0 Å². The molecule has 0 aliphatic heterocycles. The number of ether oxygens (including phenoxy) is 2. The highest BCUT2D eigenvalue weighted by atomic mass is 16.5. The summed E-state index contributed by atoms with van der Waals surface area (Å²) in [5, 5.41) is 0. The minimum atomic E-state index is -0.395. The summed E-state index contributed by atoms with van der Waals surface area (Å²) in [5.74, 6) is -0.789. The highest BCUT2D eigenvalue weighted by Gasteiger charge is 2.08. The van der Waals surface area contributed by atoms with Crippen molar-refractivity contribution in [3.8, 4) is 0 Å². The van der Waals surface area contributed by atoms with Gasteiger partial charge in [0.15, 0.2) is 0 Å². The van der Waals surface area contributed by atoms with Crippen LogP contribution < -0.4 is 11.5 Å². The lowest BCUT2D eigenvalue weighted by Crippen LogP contribution is -2.09. The van der Waals surface area contributed by atoms with Gasteiger partial charge in [0.05, 0.1) is 24.3 Å². The van der Waals surface area contributed by atoms with E-state index in [9.17, 15) is 9.59 Å². The van der Waals surface area contributed by atoms with Crippen LogP contribution in [-0.2, 0) is 9.47 Å². The monoisotopic (exact) mass is 376 g/mol. The first-order chi connectivity index (χ1) is 11.6. The highest BCUT2D eigenvalue weighted by molar-refractivity contribution is 5.90. The zero-order valence-electron chi connectivity index (χ0n) is 13.2. The molecule has 0 aliphatic carbocycles. The summed E-state index contributed by atoms with van der Waals surface area (Å²) in [4.78, 5) is 23.5. The van der Waals surface area contributed by atoms with Crippen molar-refractivity contribution in [2.24, 2.45) is 0 Å². The molecule has 0 unspecified atom stereocenters. The van der Waals surface area contributed by atoms with E-state index in [-0.39, 0.29) is 35.5 Å². The first-order valence-corrected chi connectivity index (χ1v) is 7.61. The van der Waals surface area contributed by atoms with Crippen LogP contribution in [0.25, 0.3) is 0 Å². The molecule has 2 aromatic carbocycles. The van der Waals surface area contributed by atoms with Gasteiger partial charge >= 0.3 is 11.9 Å². The predicted octanol–water partition coefficient (Wildman–Crippen LogP) is 4.55. The van der Waals surface area contributed by atoms with Gasteiger partial charge in [-0.2, -0.15) is 0 Å². The number of benzene rings is 2. The Bertz CT molecular complexity index is 621. The third-order valence-electron chi connectivity index (χ3n) is 3.30. The normalized spacial score (nSPS) is 9.04. The molecule has 0 aromatic heterocycles. The Morgan fingerprint density at radius 1 is 0.630 bits per heavy atom. The van der Waals surface area contributed by atoms with E-state index in [1.54, 1.807) is 48.5 Å². The van der Waals surface area contributed by atoms with E-state index in [0.717, 1.165) is 0 Å². The molecule has 0 heterocycles. The van der Waals surface area contributed by atoms with Gasteiger partial charge in [0.1, 0.15) is 0 Å². The third kappa shape index (κ3) is 8.76. The lowest BCUT2D eigenvalue weighted by molar-refractivity contribution is 0.0432. The molecule has 27 heavy (non-hydrogen) atoms. The molecule has 0 spiro atoms. The van der Waals surface area contributed by atoms with Gasteiger partial charge in [-0.15, -0.1) is 0 Å². The lowest BCUT2D eigenvalue weighted by Gasteiger charge is -2.06. The molecule has 150 valence electrons. The van der Waals surface area contributed by atoms with E-state index >= 15 is 0 Å². The molecular formula is C21H32N2O4. The van der Waals surface area contributed by atoms with Crippen molar-refractivity contribution < 1.29 is 19.1 Å². The Hall–Kier alpha value is -3.02. The fourth-order valence-electron chi connectivity index (χ4n) is 1.94. The molecule has 0 aliphatic rings. The number of rotatable bonds is 7. The molecule has 0 atom stereocenters. The number of carbonyl (C=O) groups excluding carboxylic acids is 2. The average Bonchev–Trinajstić information content (AvgIpc) is 2.58. The summed E-state index contributed by atoms with van der Waals surface area (Å²) < 4.78 is 10.3. The van der Waals surface area contributed by atoms with Gasteiger partial charge in [0.2, 0.25) is 0 Å². The van der Waals surface area contributed by atoms with E-state index in [2.05, 4.69) is 0 Å². The van der Waals surface area contributed by atoms with Crippen molar-refractivity contribution in [3.05, 3.63) is 59.7 Å². The van der Waals surface area contributed by atoms with Crippen LogP contribution in [0.1, 0.15) is 55.8 Å². The number of nitrogen functional groups attached to an aromatic ring is 2. The average molecular weight is 376 g/mol. The van der Waals surface area contributed by atoms with Crippen molar-refractivity contribution in [2.45, 2.75) is 35.1 Å². The maximum atomic E-state index is 11.8. The number of anilines is 2. The summed E-state index contributed by atoms with van der Waals surface area (Å²) in [6, 6.07) is 13.1. The van der Waals surface area contributed by atoms with Gasteiger partial charge in [-0.05, 0) is 61.4 Å². The van der Waals surface area contributed by atoms with Crippen molar-refractivity contribution in [2.75, 3.05) is 24.7 Å². The van der Waals surface area contributed by atoms with Gasteiger partial charge in [-0.3, -0.25) is 0 Å². The number of esters is 2. The smallest absolute Gasteiger partial charge is 0.338 e. The molecule has 4 N–H and O–H groups in total. The van der Waals surface area contributed by atoms with E-state index in [1.807, 2.05) is 0 Å². The van der Waals surface area contributed by atoms with Gasteiger partial charge in [-0.25, -0.2) is 9.59 Å². The fourth-order valence-corrected chi connectivity index (χ4v) is 1.94. The lowest BCUT2D eigenvalue weighted by atomic mass is 10.2. The Morgan fingerprint density at radius 2 is 0.926 bits per heavy atom. The SMILES string of the molecule is C.C.C.Nc1ccc(C(=O)OCCCCOC(=O)c2ccc(N)cc2)cc1. The molecule has 2 rings (SSSR count). The van der Waals surface area contributed by atoms with E-state index in [1.165, 1.54) is 0 Å². The zero-order chi connectivity index (χ0) is 17.4. The minimum Gasteiger partial charge on any atom is -0.462 e. The number of unbranched alkanes of at least 4 members (excludes halogenated alkanes) is 1. The Kier molecular flexibility index (Phi) is 12.8. The maximum Gasteiger partial charge on any atom is 0.338 e. The quantitative estimate of drug-likeness (QED) is 0.417. The first kappa shape index (κ1) is 26.2. The standard InChI is InChI=1S/C18H20N2O4.3CH4/c19-15-7-3-13(4-8-15)17(21)23-11-1-2-12-24-18(22)14-5-9-16(20)10-6-14;;;/h3-10H,1-2,11-12,19-20H2;3*1H4. The van der Waals surface area contributed by atoms with Crippen LogP contribution in [0.3, 0.4) is 0 Å². The third-order valence-corrected chi connectivity index (χ3v) is 3.30. The molecule has 0 saturated carbocycles. The van der Waals surface area contributed by atoms with Crippen LogP contribution in [0.4, 0.5) is 11.4 Å². The molecule has 0 amide bonds. The molecule has 0 saturated heterocycles. The number of hydrogen-bond acceptors (Lipinski definition) is 6. The maximum absolute atomic E-state index is 11.8. The summed E-state index contributed by atoms with van der Waals surface area (Å²) >= 11 is 0. The number of hydrogen-bond donors (Lipinski definition) is 2. The predicted molar refractivity (Wildman–Crippen MR) is 112 cm³/mol. The Morgan fingerprint density at radius 3 is 1.22 bits per heavy atom. The van der Waals surface area contributed by atoms with Gasteiger partial charge in [-0.1, -0.05) is 22.3 Å². The van der Waals surface area contributed by atoms with Crippen molar-refractivity contribution in [3.63, 3.8) is 0 Å². The first-order valence-electron chi connectivity index (χ1n) is 7.61. The number of nitrogens with two attached hydrogens (primary N) is 2. The van der Waals surface area contributed by atoms with E-state index in [4.69, 9.17) is 20.9 Å². The molecule has 6 nitrogen and oxygen atoms in total. The van der Waals surface area contributed by atoms with Crippen molar-refractivity contribution >= 4 is 23.3 Å². The van der Waals surface area contributed by atoms with Crippen LogP contribution >= 0.6 is 0 Å². The minimum absolute atomic E-state index is 0. The van der Waals surface area contributed by atoms with Gasteiger partial charge in [0.25, 0.3) is 0 Å². The van der Waals surface area contributed by atoms with Gasteiger partial charge in [0, 0.05) is 11.4 Å². The Labute approximate surface area is 162 Å². The van der Waals surface area contributed by atoms with Crippen LogP contribution in [0, 0.1) is 0 Å². The zero-order valence-corrected chi connectivity index (χ0v) is 13.2. The van der Waals surface area contributed by atoms with Gasteiger partial charge < -0.3 is 20.9 Å². The topological polar surface area (TPSA) is 105 Å². The summed E-state index contributed by atoms with van der Waals surface area (Å²) in [6.45, 7) is 0.533.